The number of anilines is 1. The monoisotopic (exact) mass is 423 g/mol. The first-order valence-corrected chi connectivity index (χ1v) is 9.98. The number of ether oxygens (including phenoxy) is 1. The zero-order valence-corrected chi connectivity index (χ0v) is 17.8. The molecule has 2 aromatic carbocycles. The number of hydrogen-bond donors (Lipinski definition) is 1. The van der Waals surface area contributed by atoms with Gasteiger partial charge in [0.2, 0.25) is 0 Å². The van der Waals surface area contributed by atoms with E-state index in [-0.39, 0.29) is 0 Å². The number of aryl methyl sites for hydroxylation is 1. The van der Waals surface area contributed by atoms with Crippen molar-refractivity contribution in [1.82, 2.24) is 10.2 Å². The van der Waals surface area contributed by atoms with E-state index in [1.165, 1.54) is 4.90 Å². The van der Waals surface area contributed by atoms with Crippen LogP contribution in [0.4, 0.5) is 10.5 Å². The van der Waals surface area contributed by atoms with E-state index in [1.54, 1.807) is 43.3 Å². The molecule has 31 heavy (non-hydrogen) atoms. The molecule has 8 nitrogen and oxygen atoms in total. The van der Waals surface area contributed by atoms with Crippen molar-refractivity contribution in [3.8, 4) is 0 Å². The number of likely N-dealkylation sites (N-methyl/N-ethyl adjacent to an activating group) is 1. The summed E-state index contributed by atoms with van der Waals surface area (Å²) in [5, 5.41) is 2.64. The summed E-state index contributed by atoms with van der Waals surface area (Å²) in [5.41, 5.74) is 1.05. The van der Waals surface area contributed by atoms with E-state index in [0.29, 0.717) is 17.8 Å². The Morgan fingerprint density at radius 3 is 2.32 bits per heavy atom. The predicted octanol–water partition coefficient (Wildman–Crippen LogP) is 2.36. The summed E-state index contributed by atoms with van der Waals surface area (Å²) in [6.07, 6.45) is 0. The van der Waals surface area contributed by atoms with E-state index in [0.717, 1.165) is 10.5 Å². The van der Waals surface area contributed by atoms with Gasteiger partial charge in [-0.2, -0.15) is 0 Å². The summed E-state index contributed by atoms with van der Waals surface area (Å²) in [5.74, 6) is -1.79. The van der Waals surface area contributed by atoms with Crippen molar-refractivity contribution in [3.05, 3.63) is 65.7 Å². The topological polar surface area (TPSA) is 96.0 Å². The van der Waals surface area contributed by atoms with Gasteiger partial charge in [0, 0.05) is 12.2 Å². The number of para-hydroxylation sites is 1. The van der Waals surface area contributed by atoms with E-state index >= 15 is 0 Å². The average Bonchev–Trinajstić information content (AvgIpc) is 2.98. The third-order valence-corrected chi connectivity index (χ3v) is 5.23. The van der Waals surface area contributed by atoms with Crippen molar-refractivity contribution in [2.45, 2.75) is 26.3 Å². The molecule has 0 radical (unpaired) electrons. The number of nitrogens with zero attached hydrogens (tertiary/aromatic N) is 2. The van der Waals surface area contributed by atoms with Crippen LogP contribution in [0.15, 0.2) is 54.6 Å². The quantitative estimate of drug-likeness (QED) is 0.545. The molecule has 0 spiro atoms. The highest BCUT2D eigenvalue weighted by Crippen LogP contribution is 2.28. The van der Waals surface area contributed by atoms with Gasteiger partial charge in [0.15, 0.2) is 6.61 Å². The molecule has 1 heterocycles. The largest absolute Gasteiger partial charge is 0.454 e. The molecule has 0 aliphatic carbocycles. The fourth-order valence-corrected chi connectivity index (χ4v) is 3.43. The first-order valence-electron chi connectivity index (χ1n) is 9.98. The van der Waals surface area contributed by atoms with Gasteiger partial charge in [0.05, 0.1) is 0 Å². The van der Waals surface area contributed by atoms with Crippen LogP contribution in [0.2, 0.25) is 0 Å². The van der Waals surface area contributed by atoms with Crippen LogP contribution in [0.1, 0.15) is 25.0 Å². The number of rotatable bonds is 7. The Kier molecular flexibility index (Phi) is 6.39. The number of imide groups is 1. The van der Waals surface area contributed by atoms with Gasteiger partial charge in [-0.3, -0.25) is 19.3 Å². The summed E-state index contributed by atoms with van der Waals surface area (Å²) in [6, 6.07) is 15.5. The molecule has 2 aromatic rings. The molecule has 8 heteroatoms. The maximum atomic E-state index is 12.9. The van der Waals surface area contributed by atoms with Gasteiger partial charge in [-0.05, 0) is 38.5 Å². The molecule has 0 saturated carbocycles. The lowest BCUT2D eigenvalue weighted by Crippen LogP contribution is -2.42. The second-order valence-corrected chi connectivity index (χ2v) is 7.45. The van der Waals surface area contributed by atoms with E-state index in [1.807, 2.05) is 32.0 Å². The lowest BCUT2D eigenvalue weighted by Gasteiger charge is -2.22. The summed E-state index contributed by atoms with van der Waals surface area (Å²) < 4.78 is 5.05. The van der Waals surface area contributed by atoms with Crippen LogP contribution in [0.3, 0.4) is 0 Å². The third-order valence-electron chi connectivity index (χ3n) is 5.23. The highest BCUT2D eigenvalue weighted by molar-refractivity contribution is 6.09. The smallest absolute Gasteiger partial charge is 0.326 e. The predicted molar refractivity (Wildman–Crippen MR) is 114 cm³/mol. The molecule has 4 amide bonds. The molecule has 0 aromatic heterocycles. The highest BCUT2D eigenvalue weighted by Gasteiger charge is 2.49. The molecular formula is C23H25N3O5. The number of urea groups is 1. The molecule has 162 valence electrons. The first-order chi connectivity index (χ1) is 14.8. The van der Waals surface area contributed by atoms with E-state index in [4.69, 9.17) is 4.74 Å². The number of carbonyl (C=O) groups excluding carboxylic acids is 4. The van der Waals surface area contributed by atoms with E-state index < -0.39 is 42.5 Å². The number of benzene rings is 2. The van der Waals surface area contributed by atoms with Crippen LogP contribution < -0.4 is 10.2 Å². The molecule has 1 fully saturated rings. The Labute approximate surface area is 180 Å². The van der Waals surface area contributed by atoms with Gasteiger partial charge in [0.25, 0.3) is 11.8 Å². The minimum atomic E-state index is -1.27. The number of esters is 1. The molecule has 1 atom stereocenters. The minimum Gasteiger partial charge on any atom is -0.454 e. The third kappa shape index (κ3) is 4.58. The van der Waals surface area contributed by atoms with Crippen molar-refractivity contribution >= 4 is 29.5 Å². The minimum absolute atomic E-state index is 0.399. The summed E-state index contributed by atoms with van der Waals surface area (Å²) in [7, 11) is 0. The lowest BCUT2D eigenvalue weighted by atomic mass is 9.91. The summed E-state index contributed by atoms with van der Waals surface area (Å²) in [4.78, 5) is 52.3. The maximum Gasteiger partial charge on any atom is 0.326 e. The molecule has 1 saturated heterocycles. The molecular weight excluding hydrogens is 398 g/mol. The average molecular weight is 423 g/mol. The fraction of sp³-hybridized carbons (Fsp3) is 0.304. The van der Waals surface area contributed by atoms with Gasteiger partial charge in [-0.15, -0.1) is 0 Å². The molecule has 1 aliphatic rings. The van der Waals surface area contributed by atoms with Gasteiger partial charge in [0.1, 0.15) is 12.1 Å². The van der Waals surface area contributed by atoms with Crippen LogP contribution in [-0.2, 0) is 24.7 Å². The van der Waals surface area contributed by atoms with Crippen LogP contribution in [-0.4, -0.2) is 48.4 Å². The Morgan fingerprint density at radius 1 is 1.06 bits per heavy atom. The maximum absolute atomic E-state index is 12.9. The second kappa shape index (κ2) is 8.99. The van der Waals surface area contributed by atoms with Gasteiger partial charge < -0.3 is 15.0 Å². The number of carbonyl (C=O) groups is 4. The van der Waals surface area contributed by atoms with Crippen LogP contribution in [0, 0.1) is 6.92 Å². The van der Waals surface area contributed by atoms with Crippen LogP contribution in [0.5, 0.6) is 0 Å². The standard InChI is InChI=1S/C23H25N3O5/c1-4-25(18-8-6-5-7-9-18)19(27)15-31-20(28)14-26-21(29)23(3,24-22(26)30)17-12-10-16(2)11-13-17/h5-13H,4,14-15H2,1-3H3,(H,24,30)/t23-/m1/s1. The summed E-state index contributed by atoms with van der Waals surface area (Å²) in [6.45, 7) is 4.67. The molecule has 0 bridgehead atoms. The Bertz CT molecular complexity index is 990. The van der Waals surface area contributed by atoms with Crippen molar-refractivity contribution in [1.29, 1.82) is 0 Å². The number of hydrogen-bond acceptors (Lipinski definition) is 5. The number of amides is 4. The molecule has 1 N–H and O–H groups in total. The Morgan fingerprint density at radius 2 is 1.71 bits per heavy atom. The normalized spacial score (nSPS) is 18.0. The van der Waals surface area contributed by atoms with Crippen molar-refractivity contribution in [2.75, 3.05) is 24.6 Å². The van der Waals surface area contributed by atoms with Crippen LogP contribution in [0.25, 0.3) is 0 Å². The Balaban J connectivity index is 1.61. The van der Waals surface area contributed by atoms with Gasteiger partial charge in [-0.25, -0.2) is 4.79 Å². The van der Waals surface area contributed by atoms with Crippen molar-refractivity contribution in [2.24, 2.45) is 0 Å². The number of nitrogens with one attached hydrogen (secondary N) is 1. The van der Waals surface area contributed by atoms with Gasteiger partial charge >= 0.3 is 12.0 Å². The highest BCUT2D eigenvalue weighted by atomic mass is 16.5. The zero-order valence-electron chi connectivity index (χ0n) is 17.8. The van der Waals surface area contributed by atoms with E-state index in [2.05, 4.69) is 5.32 Å². The Hall–Kier alpha value is -3.68. The fourth-order valence-electron chi connectivity index (χ4n) is 3.43. The van der Waals surface area contributed by atoms with Crippen molar-refractivity contribution < 1.29 is 23.9 Å². The van der Waals surface area contributed by atoms with Crippen molar-refractivity contribution in [3.63, 3.8) is 0 Å². The molecule has 3 rings (SSSR count). The van der Waals surface area contributed by atoms with Crippen LogP contribution >= 0.6 is 0 Å². The van der Waals surface area contributed by atoms with E-state index in [9.17, 15) is 19.2 Å². The zero-order chi connectivity index (χ0) is 22.6. The summed E-state index contributed by atoms with van der Waals surface area (Å²) >= 11 is 0. The SMILES string of the molecule is CCN(C(=O)COC(=O)CN1C(=O)N[C@](C)(c2ccc(C)cc2)C1=O)c1ccccc1. The first kappa shape index (κ1) is 22.0. The molecule has 0 unspecified atom stereocenters. The molecule has 1 aliphatic heterocycles. The van der Waals surface area contributed by atoms with Gasteiger partial charge in [-0.1, -0.05) is 48.0 Å². The second-order valence-electron chi connectivity index (χ2n) is 7.45. The lowest BCUT2D eigenvalue weighted by molar-refractivity contribution is -0.150.